The molecule has 2 N–H and O–H groups in total. The number of hydrogen-bond acceptors (Lipinski definition) is 6. The Morgan fingerprint density at radius 1 is 1.00 bits per heavy atom. The van der Waals surface area contributed by atoms with Gasteiger partial charge in [-0.05, 0) is 56.7 Å². The molecule has 188 valence electrons. The molecule has 0 saturated heterocycles. The molecule has 1 heterocycles. The number of amides is 1. The molecule has 4 aromatic rings. The van der Waals surface area contributed by atoms with Crippen molar-refractivity contribution in [2.75, 3.05) is 5.32 Å². The van der Waals surface area contributed by atoms with Crippen LogP contribution in [0.15, 0.2) is 77.7 Å². The van der Waals surface area contributed by atoms with Crippen LogP contribution in [0.25, 0.3) is 22.4 Å². The standard InChI is InChI=1S/C27H23ClN4O3S2/c1-27(2,3)32-37(34,35)22-10-5-4-9-21(22)18-11-13-20(14-12-18)30-25(33)24-23(31-26(28)36-24)19-8-6-7-17(15-19)16-29/h4-15,32H,1-3H3,(H,30,33). The minimum absolute atomic E-state index is 0.172. The molecule has 0 unspecified atom stereocenters. The van der Waals surface area contributed by atoms with Crippen molar-refractivity contribution in [1.29, 1.82) is 5.26 Å². The highest BCUT2D eigenvalue weighted by Gasteiger charge is 2.25. The zero-order chi connectivity index (χ0) is 26.8. The van der Waals surface area contributed by atoms with Gasteiger partial charge in [0.2, 0.25) is 10.0 Å². The van der Waals surface area contributed by atoms with Crippen LogP contribution in [0.5, 0.6) is 0 Å². The van der Waals surface area contributed by atoms with Gasteiger partial charge in [0, 0.05) is 22.4 Å². The molecule has 10 heteroatoms. The maximum absolute atomic E-state index is 13.1. The number of benzene rings is 3. The highest BCUT2D eigenvalue weighted by molar-refractivity contribution is 7.89. The lowest BCUT2D eigenvalue weighted by Gasteiger charge is -2.21. The van der Waals surface area contributed by atoms with E-state index in [2.05, 4.69) is 21.1 Å². The second kappa shape index (κ2) is 10.4. The van der Waals surface area contributed by atoms with Crippen LogP contribution in [0.4, 0.5) is 5.69 Å². The van der Waals surface area contributed by atoms with Crippen LogP contribution < -0.4 is 10.0 Å². The first-order chi connectivity index (χ1) is 17.5. The van der Waals surface area contributed by atoms with E-state index in [4.69, 9.17) is 11.6 Å². The Hall–Kier alpha value is -3.55. The van der Waals surface area contributed by atoms with Gasteiger partial charge < -0.3 is 5.32 Å². The van der Waals surface area contributed by atoms with Gasteiger partial charge in [-0.3, -0.25) is 4.79 Å². The normalized spacial score (nSPS) is 11.6. The summed E-state index contributed by atoms with van der Waals surface area (Å²) in [6.07, 6.45) is 0. The van der Waals surface area contributed by atoms with Crippen LogP contribution in [-0.4, -0.2) is 24.8 Å². The Morgan fingerprint density at radius 3 is 2.38 bits per heavy atom. The molecular formula is C27H23ClN4O3S2. The molecule has 3 aromatic carbocycles. The first kappa shape index (κ1) is 26.5. The second-order valence-electron chi connectivity index (χ2n) is 9.22. The van der Waals surface area contributed by atoms with E-state index < -0.39 is 21.5 Å². The number of halogens is 1. The summed E-state index contributed by atoms with van der Waals surface area (Å²) >= 11 is 7.17. The van der Waals surface area contributed by atoms with Crippen molar-refractivity contribution in [2.45, 2.75) is 31.2 Å². The largest absolute Gasteiger partial charge is 0.321 e. The van der Waals surface area contributed by atoms with Gasteiger partial charge in [0.15, 0.2) is 4.47 Å². The highest BCUT2D eigenvalue weighted by atomic mass is 35.5. The summed E-state index contributed by atoms with van der Waals surface area (Å²) in [6.45, 7) is 5.35. The maximum atomic E-state index is 13.1. The van der Waals surface area contributed by atoms with Crippen molar-refractivity contribution in [3.05, 3.63) is 87.7 Å². The number of nitrogens with zero attached hydrogens (tertiary/aromatic N) is 2. The van der Waals surface area contributed by atoms with Crippen LogP contribution in [-0.2, 0) is 10.0 Å². The van der Waals surface area contributed by atoms with E-state index >= 15 is 0 Å². The van der Waals surface area contributed by atoms with Gasteiger partial charge in [-0.15, -0.1) is 0 Å². The van der Waals surface area contributed by atoms with Gasteiger partial charge in [0.05, 0.1) is 22.2 Å². The van der Waals surface area contributed by atoms with Crippen LogP contribution in [0.2, 0.25) is 4.47 Å². The van der Waals surface area contributed by atoms with Gasteiger partial charge in [-0.2, -0.15) is 5.26 Å². The molecule has 0 aliphatic heterocycles. The zero-order valence-corrected chi connectivity index (χ0v) is 22.6. The third-order valence-electron chi connectivity index (χ3n) is 5.14. The Bertz CT molecular complexity index is 1620. The third kappa shape index (κ3) is 6.24. The van der Waals surface area contributed by atoms with Gasteiger partial charge in [0.25, 0.3) is 5.91 Å². The number of sulfonamides is 1. The molecule has 4 rings (SSSR count). The summed E-state index contributed by atoms with van der Waals surface area (Å²) < 4.78 is 28.9. The van der Waals surface area contributed by atoms with E-state index in [0.29, 0.717) is 38.5 Å². The topological polar surface area (TPSA) is 112 Å². The Balaban J connectivity index is 1.60. The summed E-state index contributed by atoms with van der Waals surface area (Å²) in [5.41, 5.74) is 2.57. The molecule has 0 fully saturated rings. The fourth-order valence-electron chi connectivity index (χ4n) is 3.70. The summed E-state index contributed by atoms with van der Waals surface area (Å²) in [7, 11) is -3.75. The Labute approximate surface area is 224 Å². The van der Waals surface area contributed by atoms with Gasteiger partial charge in [0.1, 0.15) is 4.88 Å². The second-order valence-corrected chi connectivity index (χ2v) is 12.5. The number of nitriles is 1. The molecule has 0 saturated carbocycles. The Morgan fingerprint density at radius 2 is 1.70 bits per heavy atom. The molecule has 0 bridgehead atoms. The van der Waals surface area contributed by atoms with Gasteiger partial charge in [-0.1, -0.05) is 65.4 Å². The zero-order valence-electron chi connectivity index (χ0n) is 20.2. The van der Waals surface area contributed by atoms with E-state index in [1.807, 2.05) is 0 Å². The van der Waals surface area contributed by atoms with Crippen LogP contribution in [0.1, 0.15) is 36.0 Å². The average Bonchev–Trinajstić information content (AvgIpc) is 3.25. The molecular weight excluding hydrogens is 528 g/mol. The third-order valence-corrected chi connectivity index (χ3v) is 8.12. The lowest BCUT2D eigenvalue weighted by Crippen LogP contribution is -2.40. The smallest absolute Gasteiger partial charge is 0.268 e. The van der Waals surface area contributed by atoms with Gasteiger partial charge >= 0.3 is 0 Å². The maximum Gasteiger partial charge on any atom is 0.268 e. The van der Waals surface area contributed by atoms with Crippen molar-refractivity contribution in [1.82, 2.24) is 9.71 Å². The number of nitrogens with one attached hydrogen (secondary N) is 2. The minimum atomic E-state index is -3.75. The summed E-state index contributed by atoms with van der Waals surface area (Å²) in [5.74, 6) is -0.396. The monoisotopic (exact) mass is 550 g/mol. The van der Waals surface area contributed by atoms with E-state index in [0.717, 1.165) is 11.3 Å². The van der Waals surface area contributed by atoms with Crippen LogP contribution in [0.3, 0.4) is 0 Å². The van der Waals surface area contributed by atoms with E-state index in [-0.39, 0.29) is 9.36 Å². The lowest BCUT2D eigenvalue weighted by atomic mass is 10.1. The summed E-state index contributed by atoms with van der Waals surface area (Å²) in [6, 6.07) is 22.5. The van der Waals surface area contributed by atoms with Crippen LogP contribution in [0, 0.1) is 11.3 Å². The van der Waals surface area contributed by atoms with Crippen molar-refractivity contribution in [3.8, 4) is 28.5 Å². The number of carbonyl (C=O) groups excluding carboxylic acids is 1. The highest BCUT2D eigenvalue weighted by Crippen LogP contribution is 2.33. The van der Waals surface area contributed by atoms with Crippen LogP contribution >= 0.6 is 22.9 Å². The molecule has 1 aromatic heterocycles. The van der Waals surface area contributed by atoms with Crippen molar-refractivity contribution in [3.63, 3.8) is 0 Å². The number of thiazole rings is 1. The predicted octanol–water partition coefficient (Wildman–Crippen LogP) is 6.33. The minimum Gasteiger partial charge on any atom is -0.321 e. The van der Waals surface area contributed by atoms with E-state index in [1.165, 1.54) is 0 Å². The lowest BCUT2D eigenvalue weighted by molar-refractivity contribution is 0.103. The SMILES string of the molecule is CC(C)(C)NS(=O)(=O)c1ccccc1-c1ccc(NC(=O)c2sc(Cl)nc2-c2cccc(C#N)c2)cc1. The van der Waals surface area contributed by atoms with Crippen molar-refractivity contribution >= 4 is 44.6 Å². The molecule has 0 atom stereocenters. The first-order valence-electron chi connectivity index (χ1n) is 11.2. The molecule has 0 aliphatic carbocycles. The first-order valence-corrected chi connectivity index (χ1v) is 13.9. The number of rotatable bonds is 6. The summed E-state index contributed by atoms with van der Waals surface area (Å²) in [4.78, 5) is 17.9. The fraction of sp³-hybridized carbons (Fsp3) is 0.148. The molecule has 0 aliphatic rings. The number of hydrogen-bond donors (Lipinski definition) is 2. The van der Waals surface area contributed by atoms with Gasteiger partial charge in [-0.25, -0.2) is 18.1 Å². The number of anilines is 1. The fourth-order valence-corrected chi connectivity index (χ4v) is 6.37. The van der Waals surface area contributed by atoms with Crippen molar-refractivity contribution < 1.29 is 13.2 Å². The molecule has 1 amide bonds. The summed E-state index contributed by atoms with van der Waals surface area (Å²) in [5, 5.41) is 12.0. The quantitative estimate of drug-likeness (QED) is 0.291. The van der Waals surface area contributed by atoms with Crippen molar-refractivity contribution in [2.24, 2.45) is 0 Å². The predicted molar refractivity (Wildman–Crippen MR) is 147 cm³/mol. The number of aromatic nitrogens is 1. The Kier molecular flexibility index (Phi) is 7.48. The molecule has 0 radical (unpaired) electrons. The molecule has 7 nitrogen and oxygen atoms in total. The molecule has 37 heavy (non-hydrogen) atoms. The number of carbonyl (C=O) groups is 1. The average molecular weight is 551 g/mol. The molecule has 0 spiro atoms. The van der Waals surface area contributed by atoms with E-state index in [1.54, 1.807) is 93.6 Å². The van der Waals surface area contributed by atoms with E-state index in [9.17, 15) is 18.5 Å².